The molecule has 7 nitrogen and oxygen atoms in total. The summed E-state index contributed by atoms with van der Waals surface area (Å²) in [6.45, 7) is 4.96. The van der Waals surface area contributed by atoms with E-state index in [9.17, 15) is 0 Å². The van der Waals surface area contributed by atoms with Gasteiger partial charge in [-0.15, -0.1) is 10.2 Å². The van der Waals surface area contributed by atoms with Gasteiger partial charge in [0.1, 0.15) is 5.69 Å². The molecule has 0 aliphatic rings. The second-order valence-electron chi connectivity index (χ2n) is 4.80. The van der Waals surface area contributed by atoms with Gasteiger partial charge in [-0.3, -0.25) is 9.67 Å². The zero-order chi connectivity index (χ0) is 15.1. The van der Waals surface area contributed by atoms with Crippen LogP contribution in [0.3, 0.4) is 0 Å². The highest BCUT2D eigenvalue weighted by Gasteiger charge is 2.17. The average Bonchev–Trinajstić information content (AvgIpc) is 3.21. The van der Waals surface area contributed by atoms with Crippen LogP contribution in [0.15, 0.2) is 30.6 Å². The molecule has 0 aliphatic carbocycles. The number of fused-ring (bicyclic) bond motifs is 1. The van der Waals surface area contributed by atoms with Gasteiger partial charge in [-0.2, -0.15) is 14.7 Å². The second-order valence-corrected chi connectivity index (χ2v) is 5.76. The summed E-state index contributed by atoms with van der Waals surface area (Å²) in [5, 5.41) is 18.3. The molecule has 4 rings (SSSR count). The zero-order valence-corrected chi connectivity index (χ0v) is 12.9. The molecule has 0 saturated heterocycles. The summed E-state index contributed by atoms with van der Waals surface area (Å²) in [7, 11) is 0. The summed E-state index contributed by atoms with van der Waals surface area (Å²) in [5.41, 5.74) is 2.89. The van der Waals surface area contributed by atoms with Crippen LogP contribution in [0, 0.1) is 6.92 Å². The Labute approximate surface area is 130 Å². The normalized spacial score (nSPS) is 11.4. The van der Waals surface area contributed by atoms with Gasteiger partial charge in [0.05, 0.1) is 11.8 Å². The van der Waals surface area contributed by atoms with Crippen LogP contribution in [0.1, 0.15) is 12.6 Å². The van der Waals surface area contributed by atoms with Crippen molar-refractivity contribution in [1.29, 1.82) is 0 Å². The quantitative estimate of drug-likeness (QED) is 0.581. The lowest BCUT2D eigenvalue weighted by atomic mass is 10.3. The topological polar surface area (TPSA) is 73.8 Å². The van der Waals surface area contributed by atoms with E-state index in [4.69, 9.17) is 0 Å². The lowest BCUT2D eigenvalue weighted by Crippen LogP contribution is -1.98. The minimum Gasteiger partial charge on any atom is -0.269 e. The number of nitrogens with zero attached hydrogens (tertiary/aromatic N) is 7. The maximum atomic E-state index is 4.64. The fourth-order valence-electron chi connectivity index (χ4n) is 2.36. The Morgan fingerprint density at radius 2 is 2.14 bits per heavy atom. The van der Waals surface area contributed by atoms with Gasteiger partial charge in [0, 0.05) is 18.4 Å². The molecule has 22 heavy (non-hydrogen) atoms. The second kappa shape index (κ2) is 4.99. The van der Waals surface area contributed by atoms with Gasteiger partial charge in [0.25, 0.3) is 0 Å². The highest BCUT2D eigenvalue weighted by atomic mass is 32.1. The maximum absolute atomic E-state index is 4.64. The predicted molar refractivity (Wildman–Crippen MR) is 83.5 cm³/mol. The molecule has 0 radical (unpaired) electrons. The third-order valence-electron chi connectivity index (χ3n) is 3.52. The fraction of sp³-hybridized carbons (Fsp3) is 0.214. The molecule has 4 aromatic heterocycles. The van der Waals surface area contributed by atoms with Crippen LogP contribution in [0.2, 0.25) is 0 Å². The molecule has 0 aliphatic heterocycles. The highest BCUT2D eigenvalue weighted by Crippen LogP contribution is 2.29. The first-order valence-electron chi connectivity index (χ1n) is 6.94. The zero-order valence-electron chi connectivity index (χ0n) is 12.1. The molecule has 0 amide bonds. The van der Waals surface area contributed by atoms with Crippen molar-refractivity contribution in [1.82, 2.24) is 34.6 Å². The van der Waals surface area contributed by atoms with E-state index in [0.717, 1.165) is 33.5 Å². The minimum atomic E-state index is 0.652. The number of hydrogen-bond donors (Lipinski definition) is 0. The lowest BCUT2D eigenvalue weighted by molar-refractivity contribution is 0.640. The molecular formula is C14H13N7S. The van der Waals surface area contributed by atoms with Gasteiger partial charge in [-0.1, -0.05) is 17.4 Å². The van der Waals surface area contributed by atoms with E-state index in [1.165, 1.54) is 11.3 Å². The van der Waals surface area contributed by atoms with Crippen molar-refractivity contribution in [2.75, 3.05) is 0 Å². The molecule has 0 saturated carbocycles. The lowest BCUT2D eigenvalue weighted by Gasteiger charge is -1.99. The SMILES string of the molecule is CCn1ncc(-c2nn3c(-c4ccccn4)nnc3s2)c1C. The Morgan fingerprint density at radius 3 is 2.86 bits per heavy atom. The van der Waals surface area contributed by atoms with E-state index in [2.05, 4.69) is 32.3 Å². The Bertz CT molecular complexity index is 935. The average molecular weight is 311 g/mol. The van der Waals surface area contributed by atoms with Gasteiger partial charge in [-0.05, 0) is 26.0 Å². The van der Waals surface area contributed by atoms with Crippen molar-refractivity contribution >= 4 is 16.3 Å². The molecule has 0 atom stereocenters. The maximum Gasteiger partial charge on any atom is 0.235 e. The van der Waals surface area contributed by atoms with Crippen molar-refractivity contribution in [3.8, 4) is 22.1 Å². The number of aryl methyl sites for hydroxylation is 1. The van der Waals surface area contributed by atoms with Crippen LogP contribution in [0.4, 0.5) is 0 Å². The Morgan fingerprint density at radius 1 is 1.23 bits per heavy atom. The summed E-state index contributed by atoms with van der Waals surface area (Å²) in [5.74, 6) is 0.652. The summed E-state index contributed by atoms with van der Waals surface area (Å²) in [6.07, 6.45) is 3.59. The fourth-order valence-corrected chi connectivity index (χ4v) is 3.26. The molecule has 110 valence electrons. The molecule has 0 fully saturated rings. The Balaban J connectivity index is 1.85. The van der Waals surface area contributed by atoms with E-state index < -0.39 is 0 Å². The summed E-state index contributed by atoms with van der Waals surface area (Å²) in [4.78, 5) is 5.06. The van der Waals surface area contributed by atoms with E-state index in [1.54, 1.807) is 10.7 Å². The first kappa shape index (κ1) is 13.1. The largest absolute Gasteiger partial charge is 0.269 e. The van der Waals surface area contributed by atoms with Crippen molar-refractivity contribution < 1.29 is 0 Å². The van der Waals surface area contributed by atoms with Crippen LogP contribution >= 0.6 is 11.3 Å². The molecule has 0 N–H and O–H groups in total. The van der Waals surface area contributed by atoms with E-state index >= 15 is 0 Å². The number of aromatic nitrogens is 7. The molecule has 0 aromatic carbocycles. The third-order valence-corrected chi connectivity index (χ3v) is 4.45. The van der Waals surface area contributed by atoms with Crippen molar-refractivity contribution in [3.05, 3.63) is 36.3 Å². The molecule has 4 aromatic rings. The predicted octanol–water partition coefficient (Wildman–Crippen LogP) is 2.44. The molecular weight excluding hydrogens is 298 g/mol. The monoisotopic (exact) mass is 311 g/mol. The first-order chi connectivity index (χ1) is 10.8. The molecule has 0 unspecified atom stereocenters. The Kier molecular flexibility index (Phi) is 2.97. The summed E-state index contributed by atoms with van der Waals surface area (Å²) in [6, 6.07) is 5.69. The van der Waals surface area contributed by atoms with Gasteiger partial charge in [-0.25, -0.2) is 0 Å². The standard InChI is InChI=1S/C14H13N7S/c1-3-20-9(2)10(8-16-20)13-19-21-12(17-18-14(21)22-13)11-6-4-5-7-15-11/h4-8H,3H2,1-2H3. The number of rotatable bonds is 3. The van der Waals surface area contributed by atoms with Gasteiger partial charge in [0.2, 0.25) is 10.8 Å². The van der Waals surface area contributed by atoms with Crippen molar-refractivity contribution in [2.45, 2.75) is 20.4 Å². The molecule has 0 bridgehead atoms. The third kappa shape index (κ3) is 1.92. The summed E-state index contributed by atoms with van der Waals surface area (Å²) >= 11 is 1.50. The molecule has 8 heteroatoms. The van der Waals surface area contributed by atoms with E-state index in [0.29, 0.717) is 5.82 Å². The van der Waals surface area contributed by atoms with Gasteiger partial charge >= 0.3 is 0 Å². The van der Waals surface area contributed by atoms with Crippen molar-refractivity contribution in [2.24, 2.45) is 0 Å². The van der Waals surface area contributed by atoms with E-state index in [1.807, 2.05) is 36.0 Å². The van der Waals surface area contributed by atoms with E-state index in [-0.39, 0.29) is 0 Å². The van der Waals surface area contributed by atoms with Gasteiger partial charge in [0.15, 0.2) is 5.01 Å². The van der Waals surface area contributed by atoms with Crippen LogP contribution < -0.4 is 0 Å². The van der Waals surface area contributed by atoms with Gasteiger partial charge < -0.3 is 0 Å². The Hall–Kier alpha value is -2.61. The van der Waals surface area contributed by atoms with Crippen LogP contribution in [0.5, 0.6) is 0 Å². The van der Waals surface area contributed by atoms with Crippen LogP contribution in [-0.4, -0.2) is 34.6 Å². The van der Waals surface area contributed by atoms with Crippen LogP contribution in [0.25, 0.3) is 27.1 Å². The molecule has 0 spiro atoms. The molecule has 4 heterocycles. The summed E-state index contributed by atoms with van der Waals surface area (Å²) < 4.78 is 3.70. The van der Waals surface area contributed by atoms with Crippen LogP contribution in [-0.2, 0) is 6.54 Å². The highest BCUT2D eigenvalue weighted by molar-refractivity contribution is 7.19. The number of hydrogen-bond acceptors (Lipinski definition) is 6. The first-order valence-corrected chi connectivity index (χ1v) is 7.76. The van der Waals surface area contributed by atoms with Crippen molar-refractivity contribution in [3.63, 3.8) is 0 Å². The number of pyridine rings is 1. The minimum absolute atomic E-state index is 0.652. The smallest absolute Gasteiger partial charge is 0.235 e.